The van der Waals surface area contributed by atoms with Crippen molar-refractivity contribution in [2.24, 2.45) is 0 Å². The van der Waals surface area contributed by atoms with E-state index in [1.165, 1.54) is 11.3 Å². The minimum atomic E-state index is -0.366. The molecule has 0 aliphatic rings. The number of nitrogens with zero attached hydrogens (tertiary/aromatic N) is 2. The van der Waals surface area contributed by atoms with E-state index in [0.717, 1.165) is 3.79 Å². The quantitative estimate of drug-likeness (QED) is 0.829. The number of ether oxygens (including phenoxy) is 1. The Kier molecular flexibility index (Phi) is 4.55. The summed E-state index contributed by atoms with van der Waals surface area (Å²) in [6.07, 6.45) is 1.25. The van der Waals surface area contributed by atoms with Gasteiger partial charge in [-0.25, -0.2) is 9.78 Å². The molecule has 0 unspecified atom stereocenters. The maximum absolute atomic E-state index is 12.1. The van der Waals surface area contributed by atoms with Crippen molar-refractivity contribution < 1.29 is 9.53 Å². The number of halogens is 1. The molecule has 96 valence electrons. The lowest BCUT2D eigenvalue weighted by Crippen LogP contribution is -2.50. The van der Waals surface area contributed by atoms with Gasteiger partial charge in [-0.05, 0) is 50.5 Å². The molecular formula is C11H17BrN2O2S. The Morgan fingerprint density at radius 1 is 1.53 bits per heavy atom. The number of thiazole rings is 1. The van der Waals surface area contributed by atoms with E-state index in [9.17, 15) is 4.79 Å². The number of carbonyl (C=O) groups is 1. The molecule has 0 fully saturated rings. The fraction of sp³-hybridized carbons (Fsp3) is 0.636. The zero-order valence-electron chi connectivity index (χ0n) is 10.7. The molecule has 0 radical (unpaired) electrons. The maximum atomic E-state index is 12.1. The number of hydrogen-bond donors (Lipinski definition) is 0. The first-order valence-corrected chi connectivity index (χ1v) is 6.95. The molecule has 1 aromatic heterocycles. The van der Waals surface area contributed by atoms with Crippen molar-refractivity contribution in [2.75, 3.05) is 0 Å². The molecule has 0 N–H and O–H groups in total. The van der Waals surface area contributed by atoms with Gasteiger partial charge in [0, 0.05) is 11.6 Å². The first-order chi connectivity index (χ1) is 7.71. The largest absolute Gasteiger partial charge is 0.417 e. The van der Waals surface area contributed by atoms with Gasteiger partial charge in [-0.1, -0.05) is 11.3 Å². The SMILES string of the molecule is CC(C)N(C(=O)Oc1ncc(Br)s1)C(C)(C)C. The third kappa shape index (κ3) is 3.96. The highest BCUT2D eigenvalue weighted by atomic mass is 79.9. The summed E-state index contributed by atoms with van der Waals surface area (Å²) < 4.78 is 6.09. The molecule has 0 spiro atoms. The molecule has 0 bridgehead atoms. The van der Waals surface area contributed by atoms with Gasteiger partial charge in [-0.2, -0.15) is 0 Å². The summed E-state index contributed by atoms with van der Waals surface area (Å²) in [5, 5.41) is 0.358. The maximum Gasteiger partial charge on any atom is 0.417 e. The first kappa shape index (κ1) is 14.4. The van der Waals surface area contributed by atoms with Gasteiger partial charge in [0.2, 0.25) is 0 Å². The zero-order chi connectivity index (χ0) is 13.2. The molecule has 1 heterocycles. The summed E-state index contributed by atoms with van der Waals surface area (Å²) in [6.45, 7) is 9.86. The third-order valence-electron chi connectivity index (χ3n) is 2.07. The number of carbonyl (C=O) groups excluding carboxylic acids is 1. The van der Waals surface area contributed by atoms with Crippen molar-refractivity contribution >= 4 is 33.4 Å². The van der Waals surface area contributed by atoms with Crippen LogP contribution >= 0.6 is 27.3 Å². The second-order valence-electron chi connectivity index (χ2n) is 4.93. The summed E-state index contributed by atoms with van der Waals surface area (Å²) in [5.74, 6) is 0. The van der Waals surface area contributed by atoms with Crippen molar-refractivity contribution in [1.29, 1.82) is 0 Å². The van der Waals surface area contributed by atoms with E-state index in [-0.39, 0.29) is 17.7 Å². The van der Waals surface area contributed by atoms with E-state index >= 15 is 0 Å². The van der Waals surface area contributed by atoms with Crippen LogP contribution in [0.5, 0.6) is 5.19 Å². The first-order valence-electron chi connectivity index (χ1n) is 5.34. The highest BCUT2D eigenvalue weighted by molar-refractivity contribution is 9.11. The van der Waals surface area contributed by atoms with Gasteiger partial charge >= 0.3 is 6.09 Å². The molecular weight excluding hydrogens is 304 g/mol. The monoisotopic (exact) mass is 320 g/mol. The molecule has 0 saturated heterocycles. The minimum absolute atomic E-state index is 0.0749. The molecule has 6 heteroatoms. The van der Waals surface area contributed by atoms with Gasteiger partial charge in [0.15, 0.2) is 0 Å². The van der Waals surface area contributed by atoms with Crippen LogP contribution in [0, 0.1) is 0 Å². The van der Waals surface area contributed by atoms with E-state index in [1.807, 2.05) is 34.6 Å². The van der Waals surface area contributed by atoms with Crippen molar-refractivity contribution in [3.8, 4) is 5.19 Å². The average Bonchev–Trinajstić information content (AvgIpc) is 2.46. The molecule has 0 aromatic carbocycles. The van der Waals surface area contributed by atoms with Crippen LogP contribution in [0.15, 0.2) is 9.98 Å². The molecule has 0 aliphatic heterocycles. The smallest absolute Gasteiger partial charge is 0.381 e. The zero-order valence-corrected chi connectivity index (χ0v) is 13.1. The van der Waals surface area contributed by atoms with Gasteiger partial charge in [0.05, 0.1) is 9.98 Å². The van der Waals surface area contributed by atoms with Crippen LogP contribution in [0.1, 0.15) is 34.6 Å². The lowest BCUT2D eigenvalue weighted by molar-refractivity contribution is 0.0864. The fourth-order valence-electron chi connectivity index (χ4n) is 1.67. The fourth-order valence-corrected chi connectivity index (χ4v) is 2.68. The lowest BCUT2D eigenvalue weighted by atomic mass is 10.1. The summed E-state index contributed by atoms with van der Waals surface area (Å²) in [7, 11) is 0. The van der Waals surface area contributed by atoms with E-state index in [4.69, 9.17) is 4.74 Å². The highest BCUT2D eigenvalue weighted by Gasteiger charge is 2.30. The summed E-state index contributed by atoms with van der Waals surface area (Å²) >= 11 is 4.57. The van der Waals surface area contributed by atoms with Crippen LogP contribution in [-0.2, 0) is 0 Å². The van der Waals surface area contributed by atoms with Gasteiger partial charge in [-0.15, -0.1) is 0 Å². The Balaban J connectivity index is 2.80. The lowest BCUT2D eigenvalue weighted by Gasteiger charge is -2.37. The minimum Gasteiger partial charge on any atom is -0.381 e. The van der Waals surface area contributed by atoms with Crippen LogP contribution < -0.4 is 4.74 Å². The van der Waals surface area contributed by atoms with Crippen molar-refractivity contribution in [2.45, 2.75) is 46.2 Å². The number of aromatic nitrogens is 1. The number of amides is 1. The Morgan fingerprint density at radius 3 is 2.47 bits per heavy atom. The molecule has 1 amide bonds. The Hall–Kier alpha value is -0.620. The Morgan fingerprint density at radius 2 is 2.12 bits per heavy atom. The van der Waals surface area contributed by atoms with Crippen LogP contribution in [-0.4, -0.2) is 27.6 Å². The molecule has 4 nitrogen and oxygen atoms in total. The van der Waals surface area contributed by atoms with Crippen LogP contribution in [0.4, 0.5) is 4.79 Å². The molecule has 17 heavy (non-hydrogen) atoms. The second-order valence-corrected chi connectivity index (χ2v) is 7.31. The number of hydrogen-bond acceptors (Lipinski definition) is 4. The average molecular weight is 321 g/mol. The van der Waals surface area contributed by atoms with E-state index in [0.29, 0.717) is 5.19 Å². The van der Waals surface area contributed by atoms with Crippen LogP contribution in [0.2, 0.25) is 0 Å². The van der Waals surface area contributed by atoms with E-state index < -0.39 is 0 Å². The van der Waals surface area contributed by atoms with Gasteiger partial charge in [0.1, 0.15) is 0 Å². The predicted octanol–water partition coefficient (Wildman–Crippen LogP) is 3.91. The van der Waals surface area contributed by atoms with Crippen molar-refractivity contribution in [3.05, 3.63) is 9.98 Å². The molecule has 0 saturated carbocycles. The van der Waals surface area contributed by atoms with Crippen molar-refractivity contribution in [1.82, 2.24) is 9.88 Å². The Bertz CT molecular complexity index is 398. The standard InChI is InChI=1S/C11H17BrN2O2S/c1-7(2)14(11(3,4)5)10(15)16-9-13-6-8(12)17-9/h6-7H,1-5H3. The highest BCUT2D eigenvalue weighted by Crippen LogP contribution is 2.27. The molecule has 1 rings (SSSR count). The third-order valence-corrected chi connectivity index (χ3v) is 3.42. The van der Waals surface area contributed by atoms with Crippen LogP contribution in [0.3, 0.4) is 0 Å². The van der Waals surface area contributed by atoms with Crippen LogP contribution in [0.25, 0.3) is 0 Å². The summed E-state index contributed by atoms with van der Waals surface area (Å²) in [6, 6.07) is 0.0749. The van der Waals surface area contributed by atoms with E-state index in [2.05, 4.69) is 20.9 Å². The molecule has 1 aromatic rings. The Labute approximate surface area is 114 Å². The van der Waals surface area contributed by atoms with Gasteiger partial charge in [-0.3, -0.25) is 0 Å². The summed E-state index contributed by atoms with van der Waals surface area (Å²) in [5.41, 5.74) is -0.278. The summed E-state index contributed by atoms with van der Waals surface area (Å²) in [4.78, 5) is 17.7. The normalized spacial score (nSPS) is 11.7. The van der Waals surface area contributed by atoms with E-state index in [1.54, 1.807) is 11.1 Å². The molecule has 0 atom stereocenters. The van der Waals surface area contributed by atoms with Gasteiger partial charge in [0.25, 0.3) is 5.19 Å². The van der Waals surface area contributed by atoms with Gasteiger partial charge < -0.3 is 9.64 Å². The topological polar surface area (TPSA) is 42.4 Å². The van der Waals surface area contributed by atoms with Crippen molar-refractivity contribution in [3.63, 3.8) is 0 Å². The molecule has 0 aliphatic carbocycles. The predicted molar refractivity (Wildman–Crippen MR) is 72.6 cm³/mol. The second kappa shape index (κ2) is 5.35. The number of rotatable bonds is 2.